The zero-order valence-corrected chi connectivity index (χ0v) is 9.11. The van der Waals surface area contributed by atoms with E-state index in [0.29, 0.717) is 6.61 Å². The highest BCUT2D eigenvalue weighted by Gasteiger charge is 2.41. The van der Waals surface area contributed by atoms with Gasteiger partial charge in [-0.05, 0) is 12.5 Å². The van der Waals surface area contributed by atoms with E-state index in [1.54, 1.807) is 6.92 Å². The van der Waals surface area contributed by atoms with Crippen LogP contribution in [0.2, 0.25) is 0 Å². The molecule has 1 fully saturated rings. The first-order valence-corrected chi connectivity index (χ1v) is 5.35. The average molecular weight is 224 g/mol. The van der Waals surface area contributed by atoms with Crippen molar-refractivity contribution in [1.29, 1.82) is 0 Å². The molecule has 4 nitrogen and oxygen atoms in total. The highest BCUT2D eigenvalue weighted by atomic mass is 16.7. The first-order chi connectivity index (χ1) is 7.68. The van der Waals surface area contributed by atoms with Gasteiger partial charge in [0.05, 0.1) is 12.7 Å². The van der Waals surface area contributed by atoms with E-state index in [9.17, 15) is 10.2 Å². The van der Waals surface area contributed by atoms with Crippen LogP contribution >= 0.6 is 0 Å². The average Bonchev–Trinajstić information content (AvgIpc) is 2.53. The number of aliphatic hydroxyl groups is 2. The zero-order chi connectivity index (χ0) is 11.5. The van der Waals surface area contributed by atoms with Gasteiger partial charge < -0.3 is 19.7 Å². The molecule has 0 bridgehead atoms. The van der Waals surface area contributed by atoms with Crippen molar-refractivity contribution in [2.75, 3.05) is 0 Å². The van der Waals surface area contributed by atoms with Crippen molar-refractivity contribution in [2.45, 2.75) is 38.1 Å². The van der Waals surface area contributed by atoms with Crippen molar-refractivity contribution in [3.63, 3.8) is 0 Å². The minimum atomic E-state index is -1.14. The molecule has 0 radical (unpaired) electrons. The molecule has 0 amide bonds. The minimum absolute atomic E-state index is 0.297. The number of rotatable bonds is 3. The zero-order valence-electron chi connectivity index (χ0n) is 9.11. The third-order valence-electron chi connectivity index (χ3n) is 2.73. The van der Waals surface area contributed by atoms with Crippen LogP contribution in [0.5, 0.6) is 0 Å². The summed E-state index contributed by atoms with van der Waals surface area (Å²) in [6, 6.07) is 9.69. The van der Waals surface area contributed by atoms with Gasteiger partial charge in [0.25, 0.3) is 0 Å². The van der Waals surface area contributed by atoms with Crippen LogP contribution in [0.3, 0.4) is 0 Å². The lowest BCUT2D eigenvalue weighted by Gasteiger charge is -2.17. The molecule has 2 rings (SSSR count). The van der Waals surface area contributed by atoms with Crippen LogP contribution in [0.4, 0.5) is 0 Å². The molecule has 1 aliphatic heterocycles. The van der Waals surface area contributed by atoms with Gasteiger partial charge in [0.1, 0.15) is 12.2 Å². The molecule has 88 valence electrons. The molecule has 1 aliphatic rings. The summed E-state index contributed by atoms with van der Waals surface area (Å²) >= 11 is 0. The number of aliphatic hydroxyl groups excluding tert-OH is 2. The van der Waals surface area contributed by atoms with Crippen LogP contribution < -0.4 is 0 Å². The summed E-state index contributed by atoms with van der Waals surface area (Å²) in [7, 11) is 0. The molecular weight excluding hydrogens is 208 g/mol. The maximum absolute atomic E-state index is 9.61. The first kappa shape index (κ1) is 11.5. The lowest BCUT2D eigenvalue weighted by atomic mass is 10.1. The van der Waals surface area contributed by atoms with E-state index in [1.807, 2.05) is 30.3 Å². The summed E-state index contributed by atoms with van der Waals surface area (Å²) in [4.78, 5) is 0. The molecule has 4 atom stereocenters. The van der Waals surface area contributed by atoms with Gasteiger partial charge in [-0.15, -0.1) is 0 Å². The van der Waals surface area contributed by atoms with Gasteiger partial charge >= 0.3 is 0 Å². The van der Waals surface area contributed by atoms with Crippen molar-refractivity contribution in [1.82, 2.24) is 0 Å². The Morgan fingerprint density at radius 2 is 1.94 bits per heavy atom. The van der Waals surface area contributed by atoms with Crippen LogP contribution in [-0.4, -0.2) is 34.8 Å². The van der Waals surface area contributed by atoms with Crippen LogP contribution in [0.25, 0.3) is 0 Å². The molecule has 1 saturated heterocycles. The van der Waals surface area contributed by atoms with Crippen LogP contribution in [-0.2, 0) is 16.1 Å². The van der Waals surface area contributed by atoms with Gasteiger partial charge in [0.15, 0.2) is 6.29 Å². The molecule has 1 aromatic carbocycles. The topological polar surface area (TPSA) is 58.9 Å². The number of hydrogen-bond acceptors (Lipinski definition) is 4. The third-order valence-corrected chi connectivity index (χ3v) is 2.73. The molecule has 0 saturated carbocycles. The second kappa shape index (κ2) is 4.93. The predicted molar refractivity (Wildman–Crippen MR) is 57.6 cm³/mol. The van der Waals surface area contributed by atoms with E-state index in [-0.39, 0.29) is 6.10 Å². The number of ether oxygens (including phenoxy) is 2. The Labute approximate surface area is 94.4 Å². The standard InChI is InChI=1S/C12H16O4/c1-8-11(10(13)12(14)16-8)15-7-9-5-3-2-4-6-9/h2-6,8,10-14H,7H2,1H3. The fourth-order valence-corrected chi connectivity index (χ4v) is 1.82. The Kier molecular flexibility index (Phi) is 3.56. The SMILES string of the molecule is CC1OC(O)C(O)C1OCc1ccccc1. The summed E-state index contributed by atoms with van der Waals surface area (Å²) in [5, 5.41) is 18.9. The lowest BCUT2D eigenvalue weighted by Crippen LogP contribution is -2.34. The second-order valence-corrected chi connectivity index (χ2v) is 3.98. The summed E-state index contributed by atoms with van der Waals surface area (Å²) in [6.45, 7) is 2.18. The molecule has 1 aromatic rings. The maximum Gasteiger partial charge on any atom is 0.183 e. The van der Waals surface area contributed by atoms with E-state index in [0.717, 1.165) is 5.56 Å². The molecule has 0 aliphatic carbocycles. The Morgan fingerprint density at radius 1 is 1.25 bits per heavy atom. The molecule has 4 unspecified atom stereocenters. The van der Waals surface area contributed by atoms with Crippen molar-refractivity contribution in [3.8, 4) is 0 Å². The van der Waals surface area contributed by atoms with E-state index in [1.165, 1.54) is 0 Å². The molecule has 16 heavy (non-hydrogen) atoms. The Bertz CT molecular complexity index is 327. The van der Waals surface area contributed by atoms with Crippen molar-refractivity contribution in [3.05, 3.63) is 35.9 Å². The predicted octanol–water partition coefficient (Wildman–Crippen LogP) is 0.670. The molecular formula is C12H16O4. The summed E-state index contributed by atoms with van der Waals surface area (Å²) in [6.07, 6.45) is -2.89. The van der Waals surface area contributed by atoms with Crippen LogP contribution in [0.15, 0.2) is 30.3 Å². The van der Waals surface area contributed by atoms with Crippen LogP contribution in [0.1, 0.15) is 12.5 Å². The lowest BCUT2D eigenvalue weighted by molar-refractivity contribution is -0.124. The molecule has 0 aromatic heterocycles. The Balaban J connectivity index is 1.91. The van der Waals surface area contributed by atoms with Gasteiger partial charge in [-0.25, -0.2) is 0 Å². The fraction of sp³-hybridized carbons (Fsp3) is 0.500. The summed E-state index contributed by atoms with van der Waals surface area (Å²) in [5.41, 5.74) is 1.03. The Hall–Kier alpha value is -0.940. The highest BCUT2D eigenvalue weighted by molar-refractivity contribution is 5.13. The molecule has 0 spiro atoms. The third kappa shape index (κ3) is 2.41. The smallest absolute Gasteiger partial charge is 0.183 e. The number of hydrogen-bond donors (Lipinski definition) is 2. The second-order valence-electron chi connectivity index (χ2n) is 3.98. The summed E-state index contributed by atoms with van der Waals surface area (Å²) < 4.78 is 10.6. The van der Waals surface area contributed by atoms with Crippen molar-refractivity contribution < 1.29 is 19.7 Å². The quantitative estimate of drug-likeness (QED) is 0.792. The first-order valence-electron chi connectivity index (χ1n) is 5.35. The fourth-order valence-electron chi connectivity index (χ4n) is 1.82. The molecule has 2 N–H and O–H groups in total. The van der Waals surface area contributed by atoms with E-state index >= 15 is 0 Å². The van der Waals surface area contributed by atoms with Gasteiger partial charge in [-0.3, -0.25) is 0 Å². The highest BCUT2D eigenvalue weighted by Crippen LogP contribution is 2.23. The van der Waals surface area contributed by atoms with Gasteiger partial charge in [0, 0.05) is 0 Å². The Morgan fingerprint density at radius 3 is 2.50 bits per heavy atom. The van der Waals surface area contributed by atoms with E-state index in [2.05, 4.69) is 0 Å². The largest absolute Gasteiger partial charge is 0.385 e. The van der Waals surface area contributed by atoms with Gasteiger partial charge in [-0.2, -0.15) is 0 Å². The van der Waals surface area contributed by atoms with E-state index in [4.69, 9.17) is 9.47 Å². The van der Waals surface area contributed by atoms with Crippen LogP contribution in [0, 0.1) is 0 Å². The summed E-state index contributed by atoms with van der Waals surface area (Å²) in [5.74, 6) is 0. The molecule has 4 heteroatoms. The van der Waals surface area contributed by atoms with E-state index < -0.39 is 18.5 Å². The maximum atomic E-state index is 9.61. The van der Waals surface area contributed by atoms with Crippen molar-refractivity contribution in [2.24, 2.45) is 0 Å². The normalized spacial score (nSPS) is 34.2. The number of benzene rings is 1. The van der Waals surface area contributed by atoms with Gasteiger partial charge in [-0.1, -0.05) is 30.3 Å². The monoisotopic (exact) mass is 224 g/mol. The minimum Gasteiger partial charge on any atom is -0.385 e. The molecule has 1 heterocycles. The van der Waals surface area contributed by atoms with Crippen molar-refractivity contribution >= 4 is 0 Å². The van der Waals surface area contributed by atoms with Gasteiger partial charge in [0.2, 0.25) is 0 Å².